The molecule has 0 aromatic carbocycles. The van der Waals surface area contributed by atoms with E-state index in [1.165, 1.54) is 10.6 Å². The molecule has 6 nitrogen and oxygen atoms in total. The Bertz CT molecular complexity index is 547. The first-order valence-corrected chi connectivity index (χ1v) is 7.37. The van der Waals surface area contributed by atoms with E-state index < -0.39 is 0 Å². The van der Waals surface area contributed by atoms with Gasteiger partial charge in [-0.1, -0.05) is 6.92 Å². The van der Waals surface area contributed by atoms with E-state index >= 15 is 0 Å². The van der Waals surface area contributed by atoms with E-state index in [1.54, 1.807) is 24.2 Å². The minimum atomic E-state index is -0.301. The first-order valence-electron chi connectivity index (χ1n) is 7.37. The van der Waals surface area contributed by atoms with Gasteiger partial charge in [-0.15, -0.1) is 0 Å². The Labute approximate surface area is 124 Å². The molecule has 0 radical (unpaired) electrons. The molecule has 1 aromatic heterocycles. The number of aliphatic hydroxyl groups excluding tert-OH is 1. The molecule has 1 aromatic rings. The Morgan fingerprint density at radius 1 is 1.33 bits per heavy atom. The molecule has 0 unspecified atom stereocenters. The molecule has 0 bridgehead atoms. The van der Waals surface area contributed by atoms with Crippen molar-refractivity contribution in [3.05, 3.63) is 34.2 Å². The van der Waals surface area contributed by atoms with Gasteiger partial charge in [-0.25, -0.2) is 0 Å². The Balaban J connectivity index is 1.94. The van der Waals surface area contributed by atoms with Crippen molar-refractivity contribution in [3.63, 3.8) is 0 Å². The summed E-state index contributed by atoms with van der Waals surface area (Å²) in [6.07, 6.45) is 2.06. The highest BCUT2D eigenvalue weighted by Gasteiger charge is 2.23. The molecule has 1 amide bonds. The summed E-state index contributed by atoms with van der Waals surface area (Å²) in [6, 6.07) is 3.06. The van der Waals surface area contributed by atoms with E-state index in [0.29, 0.717) is 25.2 Å². The number of pyridine rings is 1. The molecule has 0 aliphatic carbocycles. The zero-order valence-electron chi connectivity index (χ0n) is 12.7. The van der Waals surface area contributed by atoms with Crippen LogP contribution in [0, 0.1) is 0 Å². The van der Waals surface area contributed by atoms with Crippen LogP contribution in [0.15, 0.2) is 23.1 Å². The number of nitrogens with zero attached hydrogens (tertiary/aromatic N) is 3. The molecule has 21 heavy (non-hydrogen) atoms. The SMILES string of the molecule is CC[C@@H](O)CN1CCN(C(=O)c2ccn(C)c(=O)c2)CC1. The second-order valence-corrected chi connectivity index (χ2v) is 5.52. The third-order valence-electron chi connectivity index (χ3n) is 3.95. The largest absolute Gasteiger partial charge is 0.392 e. The van der Waals surface area contributed by atoms with Crippen LogP contribution < -0.4 is 5.56 Å². The second kappa shape index (κ2) is 6.87. The Morgan fingerprint density at radius 3 is 2.57 bits per heavy atom. The van der Waals surface area contributed by atoms with Crippen LogP contribution in [0.25, 0.3) is 0 Å². The lowest BCUT2D eigenvalue weighted by molar-refractivity contribution is 0.0523. The van der Waals surface area contributed by atoms with Gasteiger partial charge < -0.3 is 14.6 Å². The summed E-state index contributed by atoms with van der Waals surface area (Å²) >= 11 is 0. The van der Waals surface area contributed by atoms with E-state index in [9.17, 15) is 14.7 Å². The molecule has 1 aliphatic rings. The smallest absolute Gasteiger partial charge is 0.254 e. The summed E-state index contributed by atoms with van der Waals surface area (Å²) in [6.45, 7) is 5.39. The number of β-amino-alcohol motifs (C(OH)–C–C–N with tert-alkyl or cyclic N) is 1. The molecule has 1 atom stereocenters. The van der Waals surface area contributed by atoms with Gasteiger partial charge >= 0.3 is 0 Å². The maximum Gasteiger partial charge on any atom is 0.254 e. The van der Waals surface area contributed by atoms with E-state index in [1.807, 2.05) is 6.92 Å². The van der Waals surface area contributed by atoms with Gasteiger partial charge in [0.2, 0.25) is 0 Å². The summed E-state index contributed by atoms with van der Waals surface area (Å²) in [5, 5.41) is 9.66. The summed E-state index contributed by atoms with van der Waals surface area (Å²) in [7, 11) is 1.66. The average molecular weight is 293 g/mol. The molecule has 116 valence electrons. The van der Waals surface area contributed by atoms with Gasteiger partial charge in [0.05, 0.1) is 6.10 Å². The van der Waals surface area contributed by atoms with Crippen molar-refractivity contribution in [1.29, 1.82) is 0 Å². The van der Waals surface area contributed by atoms with Gasteiger partial charge in [0.1, 0.15) is 0 Å². The second-order valence-electron chi connectivity index (χ2n) is 5.52. The molecule has 2 heterocycles. The summed E-state index contributed by atoms with van der Waals surface area (Å²) in [4.78, 5) is 27.9. The number of carbonyl (C=O) groups excluding carboxylic acids is 1. The first-order chi connectivity index (χ1) is 10.0. The quantitative estimate of drug-likeness (QED) is 0.843. The average Bonchev–Trinajstić information content (AvgIpc) is 2.50. The van der Waals surface area contributed by atoms with Crippen LogP contribution in [-0.2, 0) is 7.05 Å². The van der Waals surface area contributed by atoms with Crippen LogP contribution in [0.2, 0.25) is 0 Å². The molecule has 0 spiro atoms. The normalized spacial score (nSPS) is 17.8. The van der Waals surface area contributed by atoms with E-state index in [4.69, 9.17) is 0 Å². The number of aryl methyl sites for hydroxylation is 1. The molecular weight excluding hydrogens is 270 g/mol. The standard InChI is InChI=1S/C15H23N3O3/c1-3-13(19)11-17-6-8-18(9-7-17)15(21)12-4-5-16(2)14(20)10-12/h4-5,10,13,19H,3,6-9,11H2,1-2H3/t13-/m1/s1. The third kappa shape index (κ3) is 3.92. The Hall–Kier alpha value is -1.66. The van der Waals surface area contributed by atoms with Gasteiger partial charge in [0.25, 0.3) is 11.5 Å². The lowest BCUT2D eigenvalue weighted by Crippen LogP contribution is -2.50. The number of rotatable bonds is 4. The highest BCUT2D eigenvalue weighted by molar-refractivity contribution is 5.94. The van der Waals surface area contributed by atoms with Crippen LogP contribution in [-0.4, -0.2) is 64.2 Å². The third-order valence-corrected chi connectivity index (χ3v) is 3.95. The molecule has 1 N–H and O–H groups in total. The van der Waals surface area contributed by atoms with Crippen molar-refractivity contribution in [2.45, 2.75) is 19.4 Å². The van der Waals surface area contributed by atoms with Crippen LogP contribution in [0.4, 0.5) is 0 Å². The van der Waals surface area contributed by atoms with Crippen LogP contribution >= 0.6 is 0 Å². The predicted molar refractivity (Wildman–Crippen MR) is 80.3 cm³/mol. The van der Waals surface area contributed by atoms with Crippen molar-refractivity contribution in [2.24, 2.45) is 7.05 Å². The van der Waals surface area contributed by atoms with E-state index in [-0.39, 0.29) is 17.6 Å². The maximum atomic E-state index is 12.4. The summed E-state index contributed by atoms with van der Waals surface area (Å²) in [5.41, 5.74) is 0.269. The fourth-order valence-electron chi connectivity index (χ4n) is 2.42. The molecule has 2 rings (SSSR count). The van der Waals surface area contributed by atoms with E-state index in [0.717, 1.165) is 19.5 Å². The van der Waals surface area contributed by atoms with Crippen molar-refractivity contribution in [3.8, 4) is 0 Å². The van der Waals surface area contributed by atoms with Gasteiger partial charge in [-0.05, 0) is 12.5 Å². The lowest BCUT2D eigenvalue weighted by Gasteiger charge is -2.35. The van der Waals surface area contributed by atoms with Crippen LogP contribution in [0.1, 0.15) is 23.7 Å². The highest BCUT2D eigenvalue weighted by Crippen LogP contribution is 2.08. The van der Waals surface area contributed by atoms with Gasteiger partial charge in [0, 0.05) is 57.6 Å². The molecule has 6 heteroatoms. The van der Waals surface area contributed by atoms with Gasteiger partial charge in [0.15, 0.2) is 0 Å². The van der Waals surface area contributed by atoms with Crippen LogP contribution in [0.5, 0.6) is 0 Å². The van der Waals surface area contributed by atoms with Crippen molar-refractivity contribution < 1.29 is 9.90 Å². The minimum Gasteiger partial charge on any atom is -0.392 e. The zero-order valence-corrected chi connectivity index (χ0v) is 12.7. The number of hydrogen-bond donors (Lipinski definition) is 1. The lowest BCUT2D eigenvalue weighted by atomic mass is 10.2. The topological polar surface area (TPSA) is 65.8 Å². The van der Waals surface area contributed by atoms with Crippen LogP contribution in [0.3, 0.4) is 0 Å². The Morgan fingerprint density at radius 2 is 2.00 bits per heavy atom. The summed E-state index contributed by atoms with van der Waals surface area (Å²) in [5.74, 6) is -0.0941. The Kier molecular flexibility index (Phi) is 5.14. The fraction of sp³-hybridized carbons (Fsp3) is 0.600. The number of amides is 1. The number of piperazine rings is 1. The fourth-order valence-corrected chi connectivity index (χ4v) is 2.42. The van der Waals surface area contributed by atoms with Crippen molar-refractivity contribution in [1.82, 2.24) is 14.4 Å². The van der Waals surface area contributed by atoms with Crippen molar-refractivity contribution >= 4 is 5.91 Å². The van der Waals surface area contributed by atoms with Gasteiger partial charge in [-0.3, -0.25) is 14.5 Å². The first kappa shape index (κ1) is 15.7. The highest BCUT2D eigenvalue weighted by atomic mass is 16.3. The van der Waals surface area contributed by atoms with Gasteiger partial charge in [-0.2, -0.15) is 0 Å². The number of aromatic nitrogens is 1. The maximum absolute atomic E-state index is 12.4. The minimum absolute atomic E-state index is 0.0941. The molecular formula is C15H23N3O3. The molecule has 1 saturated heterocycles. The number of aliphatic hydroxyl groups is 1. The van der Waals surface area contributed by atoms with E-state index in [2.05, 4.69) is 4.90 Å². The number of hydrogen-bond acceptors (Lipinski definition) is 4. The predicted octanol–water partition coefficient (Wildman–Crippen LogP) is -0.0860. The molecule has 1 fully saturated rings. The number of carbonyl (C=O) groups is 1. The monoisotopic (exact) mass is 293 g/mol. The molecule has 1 aliphatic heterocycles. The molecule has 0 saturated carbocycles. The zero-order chi connectivity index (χ0) is 15.4. The van der Waals surface area contributed by atoms with Crippen molar-refractivity contribution in [2.75, 3.05) is 32.7 Å². The summed E-state index contributed by atoms with van der Waals surface area (Å²) < 4.78 is 1.45.